The lowest BCUT2D eigenvalue weighted by atomic mass is 10.1. The molecule has 4 aromatic carbocycles. The second-order valence-corrected chi connectivity index (χ2v) is 12.2. The largest absolute Gasteiger partial charge is 0.387 e. The average Bonchev–Trinajstić information content (AvgIpc) is 2.99. The van der Waals surface area contributed by atoms with Gasteiger partial charge in [0.05, 0.1) is 34.1 Å². The zero-order valence-electron chi connectivity index (χ0n) is 23.0. The van der Waals surface area contributed by atoms with Crippen molar-refractivity contribution in [2.75, 3.05) is 22.9 Å². The first-order valence-electron chi connectivity index (χ1n) is 13.0. The van der Waals surface area contributed by atoms with Crippen LogP contribution in [0.1, 0.15) is 37.4 Å². The Morgan fingerprint density at radius 2 is 1.36 bits per heavy atom. The summed E-state index contributed by atoms with van der Waals surface area (Å²) in [6.07, 6.45) is 1.11. The molecule has 2 amide bonds. The van der Waals surface area contributed by atoms with Gasteiger partial charge in [0.2, 0.25) is 10.0 Å². The molecule has 0 saturated carbocycles. The first-order chi connectivity index (χ1) is 20.1. The SMILES string of the molecule is CNc1ccccc1C(=O)NCc1ccc(CNC(=O)c2ccc(N(Cc3cccc(Cl)c3Cl)S(C)(=O)=O)cc2)cc1. The molecule has 0 saturated heterocycles. The van der Waals surface area contributed by atoms with E-state index in [1.165, 1.54) is 4.31 Å². The van der Waals surface area contributed by atoms with E-state index in [1.807, 2.05) is 42.5 Å². The third-order valence-electron chi connectivity index (χ3n) is 6.53. The van der Waals surface area contributed by atoms with Crippen molar-refractivity contribution >= 4 is 56.4 Å². The Balaban J connectivity index is 1.33. The van der Waals surface area contributed by atoms with Crippen LogP contribution in [0.5, 0.6) is 0 Å². The van der Waals surface area contributed by atoms with Gasteiger partial charge in [-0.05, 0) is 59.2 Å². The van der Waals surface area contributed by atoms with Crippen molar-refractivity contribution < 1.29 is 18.0 Å². The van der Waals surface area contributed by atoms with Crippen LogP contribution in [0.15, 0.2) is 91.0 Å². The summed E-state index contributed by atoms with van der Waals surface area (Å²) in [5, 5.41) is 9.43. The molecule has 0 fully saturated rings. The van der Waals surface area contributed by atoms with Crippen LogP contribution in [0.2, 0.25) is 10.0 Å². The van der Waals surface area contributed by atoms with Gasteiger partial charge in [0.15, 0.2) is 0 Å². The van der Waals surface area contributed by atoms with Crippen molar-refractivity contribution in [3.8, 4) is 0 Å². The third-order valence-corrected chi connectivity index (χ3v) is 8.53. The molecule has 0 aliphatic rings. The summed E-state index contributed by atoms with van der Waals surface area (Å²) in [6.45, 7) is 0.655. The summed E-state index contributed by atoms with van der Waals surface area (Å²) >= 11 is 12.4. The van der Waals surface area contributed by atoms with Gasteiger partial charge in [-0.1, -0.05) is 71.7 Å². The second-order valence-electron chi connectivity index (χ2n) is 9.51. The smallest absolute Gasteiger partial charge is 0.253 e. The quantitative estimate of drug-likeness (QED) is 0.194. The van der Waals surface area contributed by atoms with Crippen LogP contribution in [0.4, 0.5) is 11.4 Å². The number of nitrogens with zero attached hydrogens (tertiary/aromatic N) is 1. The number of benzene rings is 4. The molecule has 0 radical (unpaired) electrons. The van der Waals surface area contributed by atoms with E-state index >= 15 is 0 Å². The third kappa shape index (κ3) is 7.82. The summed E-state index contributed by atoms with van der Waals surface area (Å²) in [7, 11) is -1.88. The average molecular weight is 626 g/mol. The molecular formula is C31H30Cl2N4O4S. The number of amides is 2. The maximum Gasteiger partial charge on any atom is 0.253 e. The zero-order valence-corrected chi connectivity index (χ0v) is 25.4. The molecule has 0 aliphatic carbocycles. The molecule has 0 aromatic heterocycles. The molecule has 8 nitrogen and oxygen atoms in total. The summed E-state index contributed by atoms with van der Waals surface area (Å²) in [5.41, 5.74) is 4.47. The van der Waals surface area contributed by atoms with Gasteiger partial charge in [0.25, 0.3) is 11.8 Å². The number of para-hydroxylation sites is 1. The molecular weight excluding hydrogens is 595 g/mol. The molecule has 4 rings (SSSR count). The number of rotatable bonds is 11. The van der Waals surface area contributed by atoms with Gasteiger partial charge >= 0.3 is 0 Å². The monoisotopic (exact) mass is 624 g/mol. The minimum atomic E-state index is -3.65. The molecule has 0 aliphatic heterocycles. The van der Waals surface area contributed by atoms with Gasteiger partial charge < -0.3 is 16.0 Å². The molecule has 4 aromatic rings. The van der Waals surface area contributed by atoms with E-state index in [0.29, 0.717) is 40.5 Å². The lowest BCUT2D eigenvalue weighted by molar-refractivity contribution is 0.0943. The Labute approximate surface area is 255 Å². The lowest BCUT2D eigenvalue weighted by Gasteiger charge is -2.23. The highest BCUT2D eigenvalue weighted by Gasteiger charge is 2.20. The molecule has 0 bridgehead atoms. The van der Waals surface area contributed by atoms with Gasteiger partial charge in [-0.15, -0.1) is 0 Å². The number of carbonyl (C=O) groups is 2. The van der Waals surface area contributed by atoms with Crippen molar-refractivity contribution in [1.82, 2.24) is 10.6 Å². The number of hydrogen-bond acceptors (Lipinski definition) is 5. The minimum absolute atomic E-state index is 0.00726. The van der Waals surface area contributed by atoms with Gasteiger partial charge in [-0.25, -0.2) is 8.42 Å². The first kappa shape index (κ1) is 30.9. The van der Waals surface area contributed by atoms with E-state index in [-0.39, 0.29) is 23.4 Å². The van der Waals surface area contributed by atoms with E-state index in [0.717, 1.165) is 23.1 Å². The number of carbonyl (C=O) groups excluding carboxylic acids is 2. The van der Waals surface area contributed by atoms with Crippen LogP contribution < -0.4 is 20.3 Å². The van der Waals surface area contributed by atoms with Gasteiger partial charge in [0, 0.05) is 31.4 Å². The molecule has 0 heterocycles. The number of halogens is 2. The predicted octanol–water partition coefficient (Wildman–Crippen LogP) is 5.86. The Morgan fingerprint density at radius 1 is 0.762 bits per heavy atom. The fourth-order valence-corrected chi connectivity index (χ4v) is 5.50. The van der Waals surface area contributed by atoms with E-state index < -0.39 is 10.0 Å². The number of nitrogens with one attached hydrogen (secondary N) is 3. The number of hydrogen-bond donors (Lipinski definition) is 3. The first-order valence-corrected chi connectivity index (χ1v) is 15.6. The topological polar surface area (TPSA) is 108 Å². The van der Waals surface area contributed by atoms with Gasteiger partial charge in [-0.3, -0.25) is 13.9 Å². The maximum atomic E-state index is 12.8. The number of sulfonamides is 1. The van der Waals surface area contributed by atoms with E-state index in [2.05, 4.69) is 16.0 Å². The Morgan fingerprint density at radius 3 is 1.95 bits per heavy atom. The molecule has 3 N–H and O–H groups in total. The maximum absolute atomic E-state index is 12.8. The second kappa shape index (κ2) is 13.7. The molecule has 0 spiro atoms. The van der Waals surface area contributed by atoms with Crippen LogP contribution in [0.3, 0.4) is 0 Å². The Hall–Kier alpha value is -4.05. The van der Waals surface area contributed by atoms with Crippen molar-refractivity contribution in [1.29, 1.82) is 0 Å². The minimum Gasteiger partial charge on any atom is -0.387 e. The van der Waals surface area contributed by atoms with Crippen molar-refractivity contribution in [3.05, 3.63) is 129 Å². The Kier molecular flexibility index (Phi) is 10.1. The van der Waals surface area contributed by atoms with Crippen LogP contribution in [-0.2, 0) is 29.7 Å². The van der Waals surface area contributed by atoms with Crippen LogP contribution in [-0.4, -0.2) is 33.5 Å². The lowest BCUT2D eigenvalue weighted by Crippen LogP contribution is -2.29. The van der Waals surface area contributed by atoms with Gasteiger partial charge in [0.1, 0.15) is 0 Å². The summed E-state index contributed by atoms with van der Waals surface area (Å²) in [5.74, 6) is -0.472. The van der Waals surface area contributed by atoms with Gasteiger partial charge in [-0.2, -0.15) is 0 Å². The van der Waals surface area contributed by atoms with Crippen LogP contribution in [0, 0.1) is 0 Å². The highest BCUT2D eigenvalue weighted by atomic mass is 35.5. The molecule has 0 atom stereocenters. The highest BCUT2D eigenvalue weighted by Crippen LogP contribution is 2.29. The fraction of sp³-hybridized carbons (Fsp3) is 0.161. The molecule has 42 heavy (non-hydrogen) atoms. The van der Waals surface area contributed by atoms with Crippen molar-refractivity contribution in [2.24, 2.45) is 0 Å². The summed E-state index contributed by atoms with van der Waals surface area (Å²) in [6, 6.07) is 26.2. The molecule has 11 heteroatoms. The molecule has 218 valence electrons. The molecule has 0 unspecified atom stereocenters. The zero-order chi connectivity index (χ0) is 30.3. The highest BCUT2D eigenvalue weighted by molar-refractivity contribution is 7.92. The summed E-state index contributed by atoms with van der Waals surface area (Å²) in [4.78, 5) is 25.3. The fourth-order valence-electron chi connectivity index (χ4n) is 4.24. The van der Waals surface area contributed by atoms with Crippen molar-refractivity contribution in [3.63, 3.8) is 0 Å². The normalized spacial score (nSPS) is 11.0. The van der Waals surface area contributed by atoms with Crippen LogP contribution >= 0.6 is 23.2 Å². The van der Waals surface area contributed by atoms with Crippen molar-refractivity contribution in [2.45, 2.75) is 19.6 Å². The Bertz CT molecular complexity index is 1680. The summed E-state index contributed by atoms with van der Waals surface area (Å²) < 4.78 is 26.3. The van der Waals surface area contributed by atoms with E-state index in [1.54, 1.807) is 55.6 Å². The van der Waals surface area contributed by atoms with E-state index in [9.17, 15) is 18.0 Å². The number of anilines is 2. The van der Waals surface area contributed by atoms with Crippen LogP contribution in [0.25, 0.3) is 0 Å². The standard InChI is InChI=1S/C31H30Cl2N4O4S/c1-34-28-9-4-3-7-26(28)31(39)36-19-22-12-10-21(11-13-22)18-35-30(38)23-14-16-25(17-15-23)37(42(2,40)41)20-24-6-5-8-27(32)29(24)33/h3-17,34H,18-20H2,1-2H3,(H,35,38)(H,36,39). The predicted molar refractivity (Wildman–Crippen MR) is 169 cm³/mol. The van der Waals surface area contributed by atoms with E-state index in [4.69, 9.17) is 23.2 Å².